The topological polar surface area (TPSA) is 39.2 Å². The van der Waals surface area contributed by atoms with Crippen molar-refractivity contribution in [1.82, 2.24) is 4.98 Å². The number of halogens is 1. The molecule has 0 atom stereocenters. The second-order valence-corrected chi connectivity index (χ2v) is 4.52. The van der Waals surface area contributed by atoms with Gasteiger partial charge in [-0.05, 0) is 30.2 Å². The molecule has 98 valence electrons. The largest absolute Gasteiger partial charge is 0.492 e. The molecule has 0 saturated heterocycles. The Bertz CT molecular complexity index is 584. The maximum atomic E-state index is 10.9. The minimum Gasteiger partial charge on any atom is -0.492 e. The van der Waals surface area contributed by atoms with E-state index in [1.807, 2.05) is 19.1 Å². The van der Waals surface area contributed by atoms with Crippen molar-refractivity contribution in [3.05, 3.63) is 47.2 Å². The normalized spacial score (nSPS) is 10.2. The van der Waals surface area contributed by atoms with Crippen LogP contribution in [0.25, 0.3) is 11.1 Å². The van der Waals surface area contributed by atoms with Gasteiger partial charge in [-0.25, -0.2) is 0 Å². The summed E-state index contributed by atoms with van der Waals surface area (Å²) in [6, 6.07) is 7.21. The van der Waals surface area contributed by atoms with Crippen LogP contribution in [0, 0.1) is 0 Å². The quantitative estimate of drug-likeness (QED) is 0.774. The molecule has 2 aromatic rings. The van der Waals surface area contributed by atoms with Crippen molar-refractivity contribution in [2.24, 2.45) is 0 Å². The molecule has 2 rings (SSSR count). The molecule has 0 radical (unpaired) electrons. The van der Waals surface area contributed by atoms with Crippen molar-refractivity contribution in [3.8, 4) is 16.9 Å². The first-order chi connectivity index (χ1) is 9.24. The molecule has 19 heavy (non-hydrogen) atoms. The maximum absolute atomic E-state index is 10.9. The monoisotopic (exact) mass is 275 g/mol. The molecule has 0 N–H and O–H groups in total. The predicted molar refractivity (Wildman–Crippen MR) is 75.9 cm³/mol. The number of ether oxygens (including phenoxy) is 1. The van der Waals surface area contributed by atoms with E-state index in [0.717, 1.165) is 29.6 Å². The van der Waals surface area contributed by atoms with Crippen LogP contribution in [-0.2, 0) is 0 Å². The Labute approximate surface area is 117 Å². The smallest absolute Gasteiger partial charge is 0.151 e. The Hall–Kier alpha value is -1.87. The second-order valence-electron chi connectivity index (χ2n) is 4.11. The summed E-state index contributed by atoms with van der Waals surface area (Å²) in [5.41, 5.74) is 2.26. The minimum absolute atomic E-state index is 0.449. The maximum Gasteiger partial charge on any atom is 0.151 e. The third-order valence-electron chi connectivity index (χ3n) is 2.64. The number of benzene rings is 1. The van der Waals surface area contributed by atoms with Gasteiger partial charge in [-0.3, -0.25) is 9.78 Å². The number of hydrogen-bond donors (Lipinski definition) is 0. The molecule has 0 amide bonds. The van der Waals surface area contributed by atoms with Gasteiger partial charge in [-0.15, -0.1) is 0 Å². The molecule has 3 nitrogen and oxygen atoms in total. The average molecular weight is 276 g/mol. The van der Waals surface area contributed by atoms with E-state index in [2.05, 4.69) is 4.98 Å². The van der Waals surface area contributed by atoms with Crippen LogP contribution >= 0.6 is 11.6 Å². The van der Waals surface area contributed by atoms with E-state index < -0.39 is 0 Å². The van der Waals surface area contributed by atoms with Gasteiger partial charge in [0, 0.05) is 17.3 Å². The number of pyridine rings is 1. The number of carbonyl (C=O) groups is 1. The third-order valence-corrected chi connectivity index (χ3v) is 2.99. The zero-order valence-corrected chi connectivity index (χ0v) is 11.4. The minimum atomic E-state index is 0.449. The number of carbonyl (C=O) groups excluding carboxylic acids is 1. The van der Waals surface area contributed by atoms with E-state index in [-0.39, 0.29) is 0 Å². The molecule has 0 spiro atoms. The first-order valence-electron chi connectivity index (χ1n) is 6.07. The number of aldehydes is 1. The third kappa shape index (κ3) is 3.32. The van der Waals surface area contributed by atoms with E-state index in [9.17, 15) is 4.79 Å². The van der Waals surface area contributed by atoms with Crippen molar-refractivity contribution in [2.75, 3.05) is 6.61 Å². The lowest BCUT2D eigenvalue weighted by Gasteiger charge is -2.07. The van der Waals surface area contributed by atoms with Gasteiger partial charge in [0.1, 0.15) is 5.75 Å². The van der Waals surface area contributed by atoms with E-state index in [1.165, 1.54) is 0 Å². The van der Waals surface area contributed by atoms with Crippen LogP contribution in [-0.4, -0.2) is 17.9 Å². The van der Waals surface area contributed by atoms with E-state index in [4.69, 9.17) is 16.3 Å². The predicted octanol–water partition coefficient (Wildman–Crippen LogP) is 4.00. The highest BCUT2D eigenvalue weighted by atomic mass is 35.5. The summed E-state index contributed by atoms with van der Waals surface area (Å²) in [6.45, 7) is 2.71. The van der Waals surface area contributed by atoms with Crippen molar-refractivity contribution < 1.29 is 9.53 Å². The van der Waals surface area contributed by atoms with Crippen LogP contribution in [0.2, 0.25) is 5.02 Å². The van der Waals surface area contributed by atoms with Crippen molar-refractivity contribution in [2.45, 2.75) is 13.3 Å². The summed E-state index contributed by atoms with van der Waals surface area (Å²) in [5.74, 6) is 0.724. The van der Waals surface area contributed by atoms with Gasteiger partial charge in [0.2, 0.25) is 0 Å². The number of nitrogens with zero attached hydrogens (tertiary/aromatic N) is 1. The van der Waals surface area contributed by atoms with Gasteiger partial charge in [-0.1, -0.05) is 24.6 Å². The van der Waals surface area contributed by atoms with E-state index in [1.54, 1.807) is 24.5 Å². The Morgan fingerprint density at radius 3 is 2.84 bits per heavy atom. The summed E-state index contributed by atoms with van der Waals surface area (Å²) < 4.78 is 5.54. The van der Waals surface area contributed by atoms with Crippen molar-refractivity contribution in [1.29, 1.82) is 0 Å². The molecule has 0 aliphatic carbocycles. The molecular formula is C15H14ClNO2. The molecule has 1 heterocycles. The average Bonchev–Trinajstić information content (AvgIpc) is 2.46. The highest BCUT2D eigenvalue weighted by Crippen LogP contribution is 2.26. The van der Waals surface area contributed by atoms with Crippen LogP contribution in [0.4, 0.5) is 0 Å². The fraction of sp³-hybridized carbons (Fsp3) is 0.200. The summed E-state index contributed by atoms with van der Waals surface area (Å²) in [5, 5.41) is 0.449. The summed E-state index contributed by atoms with van der Waals surface area (Å²) in [7, 11) is 0. The van der Waals surface area contributed by atoms with Crippen molar-refractivity contribution >= 4 is 17.9 Å². The number of rotatable bonds is 5. The van der Waals surface area contributed by atoms with Crippen LogP contribution in [0.1, 0.15) is 23.7 Å². The Morgan fingerprint density at radius 2 is 2.11 bits per heavy atom. The summed E-state index contributed by atoms with van der Waals surface area (Å²) >= 11 is 5.91. The molecule has 0 unspecified atom stereocenters. The van der Waals surface area contributed by atoms with E-state index in [0.29, 0.717) is 17.2 Å². The lowest BCUT2D eigenvalue weighted by atomic mass is 10.1. The Morgan fingerprint density at radius 1 is 1.26 bits per heavy atom. The zero-order valence-electron chi connectivity index (χ0n) is 10.6. The fourth-order valence-electron chi connectivity index (χ4n) is 1.69. The van der Waals surface area contributed by atoms with Gasteiger partial charge < -0.3 is 4.74 Å². The lowest BCUT2D eigenvalue weighted by molar-refractivity contribution is 0.112. The summed E-state index contributed by atoms with van der Waals surface area (Å²) in [4.78, 5) is 15.0. The first kappa shape index (κ1) is 13.6. The molecule has 0 bridgehead atoms. The van der Waals surface area contributed by atoms with Crippen LogP contribution in [0.3, 0.4) is 0 Å². The molecule has 4 heteroatoms. The standard InChI is InChI=1S/C15H14ClNO2/c1-2-5-19-14-7-12(8-17-9-14)11-3-4-15(16)13(6-11)10-18/h3-4,6-10H,2,5H2,1H3. The lowest BCUT2D eigenvalue weighted by Crippen LogP contribution is -1.95. The number of hydrogen-bond acceptors (Lipinski definition) is 3. The SMILES string of the molecule is CCCOc1cncc(-c2ccc(Cl)c(C=O)c2)c1. The van der Waals surface area contributed by atoms with Crippen LogP contribution < -0.4 is 4.74 Å². The Balaban J connectivity index is 2.33. The van der Waals surface area contributed by atoms with Gasteiger partial charge in [-0.2, -0.15) is 0 Å². The molecule has 0 aliphatic heterocycles. The second kappa shape index (κ2) is 6.34. The van der Waals surface area contributed by atoms with Gasteiger partial charge in [0.05, 0.1) is 17.8 Å². The van der Waals surface area contributed by atoms with Gasteiger partial charge >= 0.3 is 0 Å². The molecule has 1 aromatic carbocycles. The highest BCUT2D eigenvalue weighted by molar-refractivity contribution is 6.33. The molecule has 1 aromatic heterocycles. The van der Waals surface area contributed by atoms with Crippen LogP contribution in [0.5, 0.6) is 5.75 Å². The molecular weight excluding hydrogens is 262 g/mol. The molecule has 0 aliphatic rings. The van der Waals surface area contributed by atoms with Gasteiger partial charge in [0.15, 0.2) is 6.29 Å². The zero-order chi connectivity index (χ0) is 13.7. The number of aromatic nitrogens is 1. The molecule has 0 fully saturated rings. The van der Waals surface area contributed by atoms with Gasteiger partial charge in [0.25, 0.3) is 0 Å². The first-order valence-corrected chi connectivity index (χ1v) is 6.45. The molecule has 0 saturated carbocycles. The highest BCUT2D eigenvalue weighted by Gasteiger charge is 2.05. The van der Waals surface area contributed by atoms with E-state index >= 15 is 0 Å². The fourth-order valence-corrected chi connectivity index (χ4v) is 1.85. The van der Waals surface area contributed by atoms with Crippen molar-refractivity contribution in [3.63, 3.8) is 0 Å². The summed E-state index contributed by atoms with van der Waals surface area (Å²) in [6.07, 6.45) is 5.10. The Kier molecular flexibility index (Phi) is 4.53. The van der Waals surface area contributed by atoms with Crippen LogP contribution in [0.15, 0.2) is 36.7 Å².